The molecule has 76 valence electrons. The number of nitro groups is 1. The van der Waals surface area contributed by atoms with Crippen LogP contribution in [0.5, 0.6) is 0 Å². The molecule has 0 N–H and O–H groups in total. The maximum Gasteiger partial charge on any atom is 0.274 e. The summed E-state index contributed by atoms with van der Waals surface area (Å²) in [6.45, 7) is 1.68. The number of benzene rings is 1. The summed E-state index contributed by atoms with van der Waals surface area (Å²) >= 11 is 0. The molecule has 0 atom stereocenters. The van der Waals surface area contributed by atoms with Crippen molar-refractivity contribution in [2.45, 2.75) is 6.92 Å². The smallest absolute Gasteiger partial charge is 0.258 e. The first-order valence-corrected chi connectivity index (χ1v) is 4.17. The van der Waals surface area contributed by atoms with Crippen molar-refractivity contribution >= 4 is 5.69 Å². The van der Waals surface area contributed by atoms with E-state index in [4.69, 9.17) is 0 Å². The Balaban J connectivity index is 2.52. The molecule has 0 amide bonds. The van der Waals surface area contributed by atoms with Crippen LogP contribution >= 0.6 is 0 Å². The maximum absolute atomic E-state index is 10.7. The Morgan fingerprint density at radius 2 is 2.27 bits per heavy atom. The Morgan fingerprint density at radius 3 is 2.87 bits per heavy atom. The van der Waals surface area contributed by atoms with Crippen LogP contribution in [0.3, 0.4) is 0 Å². The second-order valence-electron chi connectivity index (χ2n) is 2.98. The van der Waals surface area contributed by atoms with E-state index >= 15 is 0 Å². The highest BCUT2D eigenvalue weighted by Gasteiger charge is 2.11. The lowest BCUT2D eigenvalue weighted by atomic mass is 10.2. The third-order valence-electron chi connectivity index (χ3n) is 2.00. The number of nitro benzene ring substituents is 1. The van der Waals surface area contributed by atoms with Gasteiger partial charge in [0.05, 0.1) is 10.6 Å². The van der Waals surface area contributed by atoms with Crippen molar-refractivity contribution in [2.75, 3.05) is 0 Å². The molecule has 1 heterocycles. The SMILES string of the molecule is Cc1ccc(-n2cnnn2)cc1[N+](=O)[O-]. The van der Waals surface area contributed by atoms with Gasteiger partial charge < -0.3 is 0 Å². The van der Waals surface area contributed by atoms with Crippen molar-refractivity contribution in [3.05, 3.63) is 40.2 Å². The minimum Gasteiger partial charge on any atom is -0.258 e. The van der Waals surface area contributed by atoms with Crippen LogP contribution in [-0.2, 0) is 0 Å². The fourth-order valence-corrected chi connectivity index (χ4v) is 1.22. The van der Waals surface area contributed by atoms with Crippen LogP contribution in [0.15, 0.2) is 24.5 Å². The van der Waals surface area contributed by atoms with E-state index in [0.717, 1.165) is 0 Å². The lowest BCUT2D eigenvalue weighted by molar-refractivity contribution is -0.385. The average Bonchev–Trinajstić information content (AvgIpc) is 2.71. The van der Waals surface area contributed by atoms with Crippen molar-refractivity contribution in [2.24, 2.45) is 0 Å². The van der Waals surface area contributed by atoms with E-state index in [9.17, 15) is 10.1 Å². The summed E-state index contributed by atoms with van der Waals surface area (Å²) in [4.78, 5) is 10.3. The standard InChI is InChI=1S/C8H7N5O2/c1-6-2-3-7(4-8(6)13(14)15)12-5-9-10-11-12/h2-5H,1H3. The summed E-state index contributed by atoms with van der Waals surface area (Å²) in [6, 6.07) is 4.82. The van der Waals surface area contributed by atoms with E-state index in [-0.39, 0.29) is 5.69 Å². The van der Waals surface area contributed by atoms with Crippen LogP contribution in [-0.4, -0.2) is 25.1 Å². The Labute approximate surface area is 84.5 Å². The van der Waals surface area contributed by atoms with Gasteiger partial charge in [0, 0.05) is 11.6 Å². The predicted octanol–water partition coefficient (Wildman–Crippen LogP) is 0.879. The molecule has 0 saturated carbocycles. The highest BCUT2D eigenvalue weighted by Crippen LogP contribution is 2.20. The molecular formula is C8H7N5O2. The predicted molar refractivity (Wildman–Crippen MR) is 50.5 cm³/mol. The van der Waals surface area contributed by atoms with Crippen molar-refractivity contribution in [3.63, 3.8) is 0 Å². The van der Waals surface area contributed by atoms with E-state index in [1.54, 1.807) is 19.1 Å². The first kappa shape index (κ1) is 9.25. The van der Waals surface area contributed by atoms with Crippen LogP contribution in [0.25, 0.3) is 5.69 Å². The monoisotopic (exact) mass is 205 g/mol. The molecule has 1 aromatic carbocycles. The number of aromatic nitrogens is 4. The Kier molecular flexibility index (Phi) is 2.13. The van der Waals surface area contributed by atoms with E-state index in [0.29, 0.717) is 11.3 Å². The van der Waals surface area contributed by atoms with Gasteiger partial charge in [-0.2, -0.15) is 0 Å². The zero-order valence-electron chi connectivity index (χ0n) is 7.86. The van der Waals surface area contributed by atoms with E-state index in [2.05, 4.69) is 15.5 Å². The molecular weight excluding hydrogens is 198 g/mol. The topological polar surface area (TPSA) is 86.7 Å². The molecule has 2 rings (SSSR count). The molecule has 7 heteroatoms. The maximum atomic E-state index is 10.7. The largest absolute Gasteiger partial charge is 0.274 e. The Hall–Kier alpha value is -2.31. The van der Waals surface area contributed by atoms with Gasteiger partial charge in [-0.15, -0.1) is 5.10 Å². The second kappa shape index (κ2) is 3.45. The van der Waals surface area contributed by atoms with Crippen LogP contribution in [0.1, 0.15) is 5.56 Å². The van der Waals surface area contributed by atoms with Gasteiger partial charge >= 0.3 is 0 Å². The molecule has 0 fully saturated rings. The number of rotatable bonds is 2. The van der Waals surface area contributed by atoms with Gasteiger partial charge in [0.25, 0.3) is 5.69 Å². The van der Waals surface area contributed by atoms with Crippen LogP contribution < -0.4 is 0 Å². The summed E-state index contributed by atoms with van der Waals surface area (Å²) in [6.07, 6.45) is 1.38. The third kappa shape index (κ3) is 1.66. The molecule has 0 aliphatic heterocycles. The molecule has 7 nitrogen and oxygen atoms in total. The lowest BCUT2D eigenvalue weighted by Gasteiger charge is -2.00. The average molecular weight is 205 g/mol. The molecule has 0 aliphatic rings. The van der Waals surface area contributed by atoms with Crippen molar-refractivity contribution < 1.29 is 4.92 Å². The van der Waals surface area contributed by atoms with Gasteiger partial charge in [0.15, 0.2) is 0 Å². The minimum atomic E-state index is -0.427. The fraction of sp³-hybridized carbons (Fsp3) is 0.125. The van der Waals surface area contributed by atoms with Crippen molar-refractivity contribution in [3.8, 4) is 5.69 Å². The zero-order valence-corrected chi connectivity index (χ0v) is 7.86. The zero-order chi connectivity index (χ0) is 10.8. The van der Waals surface area contributed by atoms with Gasteiger partial charge in [-0.25, -0.2) is 4.68 Å². The highest BCUT2D eigenvalue weighted by molar-refractivity contribution is 5.48. The first-order chi connectivity index (χ1) is 7.18. The summed E-state index contributed by atoms with van der Waals surface area (Å²) in [5, 5.41) is 21.3. The minimum absolute atomic E-state index is 0.0583. The third-order valence-corrected chi connectivity index (χ3v) is 2.00. The number of hydrogen-bond donors (Lipinski definition) is 0. The molecule has 0 radical (unpaired) electrons. The molecule has 0 unspecified atom stereocenters. The number of aryl methyl sites for hydroxylation is 1. The molecule has 0 aliphatic carbocycles. The second-order valence-corrected chi connectivity index (χ2v) is 2.98. The Bertz CT molecular complexity index is 494. The van der Waals surface area contributed by atoms with Gasteiger partial charge in [-0.3, -0.25) is 10.1 Å². The summed E-state index contributed by atoms with van der Waals surface area (Å²) in [5.74, 6) is 0. The molecule has 0 bridgehead atoms. The molecule has 0 spiro atoms. The van der Waals surface area contributed by atoms with Gasteiger partial charge in [-0.1, -0.05) is 6.07 Å². The van der Waals surface area contributed by atoms with Gasteiger partial charge in [0.2, 0.25) is 0 Å². The number of nitrogens with zero attached hydrogens (tertiary/aromatic N) is 5. The lowest BCUT2D eigenvalue weighted by Crippen LogP contribution is -1.98. The molecule has 0 saturated heterocycles. The van der Waals surface area contributed by atoms with Crippen molar-refractivity contribution in [1.82, 2.24) is 20.2 Å². The number of hydrogen-bond acceptors (Lipinski definition) is 5. The molecule has 15 heavy (non-hydrogen) atoms. The van der Waals surface area contributed by atoms with Crippen molar-refractivity contribution in [1.29, 1.82) is 0 Å². The van der Waals surface area contributed by atoms with Crippen LogP contribution in [0, 0.1) is 17.0 Å². The van der Waals surface area contributed by atoms with E-state index in [1.165, 1.54) is 17.1 Å². The summed E-state index contributed by atoms with van der Waals surface area (Å²) in [7, 11) is 0. The van der Waals surface area contributed by atoms with E-state index in [1.807, 2.05) is 0 Å². The normalized spacial score (nSPS) is 10.2. The Morgan fingerprint density at radius 1 is 1.47 bits per heavy atom. The van der Waals surface area contributed by atoms with Gasteiger partial charge in [0.1, 0.15) is 6.33 Å². The van der Waals surface area contributed by atoms with Crippen LogP contribution in [0.4, 0.5) is 5.69 Å². The highest BCUT2D eigenvalue weighted by atomic mass is 16.6. The first-order valence-electron chi connectivity index (χ1n) is 4.17. The molecule has 2 aromatic rings. The van der Waals surface area contributed by atoms with Crippen LogP contribution in [0.2, 0.25) is 0 Å². The van der Waals surface area contributed by atoms with Gasteiger partial charge in [-0.05, 0) is 23.4 Å². The molecule has 1 aromatic heterocycles. The van der Waals surface area contributed by atoms with E-state index < -0.39 is 4.92 Å². The fourth-order valence-electron chi connectivity index (χ4n) is 1.22. The summed E-state index contributed by atoms with van der Waals surface area (Å²) in [5.41, 5.74) is 1.23. The number of tetrazole rings is 1. The quantitative estimate of drug-likeness (QED) is 0.536. The summed E-state index contributed by atoms with van der Waals surface area (Å²) < 4.78 is 1.37.